The fraction of sp³-hybridized carbons (Fsp3) is 0.500. The molecule has 0 aliphatic rings. The zero-order valence-electron chi connectivity index (χ0n) is 5.07. The molecule has 0 unspecified atom stereocenters. The molecule has 0 aromatic carbocycles. The third-order valence-corrected chi connectivity index (χ3v) is 0.776. The first-order chi connectivity index (χ1) is 4.70. The number of hydrogen-bond acceptors (Lipinski definition) is 5. The van der Waals surface area contributed by atoms with Crippen LogP contribution in [0.3, 0.4) is 0 Å². The lowest BCUT2D eigenvalue weighted by Crippen LogP contribution is -2.10. The van der Waals surface area contributed by atoms with Gasteiger partial charge in [-0.05, 0) is 0 Å². The van der Waals surface area contributed by atoms with Gasteiger partial charge in [0.15, 0.2) is 0 Å². The van der Waals surface area contributed by atoms with Crippen molar-refractivity contribution in [2.24, 2.45) is 11.1 Å². The zero-order chi connectivity index (χ0) is 7.98. The molecule has 10 heavy (non-hydrogen) atoms. The quantitative estimate of drug-likeness (QED) is 0.426. The highest BCUT2D eigenvalue weighted by Gasteiger charge is 2.05. The summed E-state index contributed by atoms with van der Waals surface area (Å²) in [6.07, 6.45) is -0.458. The molecule has 0 atom stereocenters. The molecule has 0 saturated carbocycles. The van der Waals surface area contributed by atoms with Gasteiger partial charge >= 0.3 is 5.97 Å². The first kappa shape index (κ1) is 8.70. The second kappa shape index (κ2) is 4.57. The third-order valence-electron chi connectivity index (χ3n) is 0.776. The van der Waals surface area contributed by atoms with Gasteiger partial charge in [0.2, 0.25) is 0 Å². The van der Waals surface area contributed by atoms with Crippen molar-refractivity contribution >= 4 is 11.9 Å². The van der Waals surface area contributed by atoms with E-state index in [0.717, 1.165) is 0 Å². The van der Waals surface area contributed by atoms with E-state index in [9.17, 15) is 14.5 Å². The van der Waals surface area contributed by atoms with Gasteiger partial charge in [-0.25, -0.2) is 0 Å². The van der Waals surface area contributed by atoms with E-state index in [1.54, 1.807) is 0 Å². The Morgan fingerprint density at radius 2 is 2.00 bits per heavy atom. The maximum atomic E-state index is 10.2. The molecule has 0 fully saturated rings. The summed E-state index contributed by atoms with van der Waals surface area (Å²) in [5, 5.41) is 2.06. The predicted octanol–water partition coefficient (Wildman–Crippen LogP) is -0.524. The number of nitroso groups, excluding NO2 is 1. The minimum absolute atomic E-state index is 0.207. The van der Waals surface area contributed by atoms with Crippen molar-refractivity contribution in [3.05, 3.63) is 4.91 Å². The van der Waals surface area contributed by atoms with E-state index in [1.807, 2.05) is 0 Å². The molecule has 6 heteroatoms. The molecule has 0 rings (SSSR count). The summed E-state index contributed by atoms with van der Waals surface area (Å²) >= 11 is 0. The minimum atomic E-state index is -0.884. The Labute approximate surface area is 56.3 Å². The van der Waals surface area contributed by atoms with E-state index >= 15 is 0 Å². The monoisotopic (exact) mass is 146 g/mol. The largest absolute Gasteiger partial charge is 0.373 e. The van der Waals surface area contributed by atoms with Crippen LogP contribution in [0.2, 0.25) is 0 Å². The van der Waals surface area contributed by atoms with Crippen molar-refractivity contribution in [1.82, 2.24) is 0 Å². The second-order valence-corrected chi connectivity index (χ2v) is 1.47. The molecule has 0 bridgehead atoms. The smallest absolute Gasteiger partial charge is 0.324 e. The normalized spacial score (nSPS) is 8.50. The van der Waals surface area contributed by atoms with Gasteiger partial charge in [0.05, 0.1) is 6.42 Å². The minimum Gasteiger partial charge on any atom is -0.373 e. The second-order valence-electron chi connectivity index (χ2n) is 1.47. The highest BCUT2D eigenvalue weighted by Crippen LogP contribution is 1.92. The van der Waals surface area contributed by atoms with Crippen LogP contribution in [0.4, 0.5) is 0 Å². The molecule has 56 valence electrons. The van der Waals surface area contributed by atoms with Gasteiger partial charge in [0.1, 0.15) is 0 Å². The summed E-state index contributed by atoms with van der Waals surface area (Å²) in [6, 6.07) is 0. The lowest BCUT2D eigenvalue weighted by atomic mass is 10.3. The summed E-state index contributed by atoms with van der Waals surface area (Å²) in [4.78, 5) is 33.4. The number of carbonyl (C=O) groups excluding carboxylic acids is 2. The Hall–Kier alpha value is -1.30. The molecular weight excluding hydrogens is 140 g/mol. The molecule has 0 saturated heterocycles. The van der Waals surface area contributed by atoms with E-state index in [4.69, 9.17) is 0 Å². The van der Waals surface area contributed by atoms with Crippen LogP contribution in [0.5, 0.6) is 0 Å². The topological polar surface area (TPSA) is 98.8 Å². The van der Waals surface area contributed by atoms with Gasteiger partial charge in [-0.1, -0.05) is 0 Å². The molecule has 0 aromatic rings. The van der Waals surface area contributed by atoms with Crippen molar-refractivity contribution in [2.45, 2.75) is 12.8 Å². The first-order valence-corrected chi connectivity index (χ1v) is 2.46. The fourth-order valence-electron chi connectivity index (χ4n) is 0.314. The number of rotatable bonds is 3. The molecule has 2 N–H and O–H groups in total. The molecule has 0 radical (unpaired) electrons. The van der Waals surface area contributed by atoms with E-state index in [0.29, 0.717) is 0 Å². The third kappa shape index (κ3) is 3.67. The van der Waals surface area contributed by atoms with Gasteiger partial charge in [-0.15, -0.1) is 4.91 Å². The van der Waals surface area contributed by atoms with Crippen LogP contribution in [0.25, 0.3) is 0 Å². The molecule has 0 aromatic heterocycles. The molecule has 0 heterocycles. The van der Waals surface area contributed by atoms with Gasteiger partial charge in [0, 0.05) is 11.6 Å². The molecule has 0 aliphatic heterocycles. The predicted molar refractivity (Wildman–Crippen MR) is 30.3 cm³/mol. The van der Waals surface area contributed by atoms with E-state index in [-0.39, 0.29) is 12.8 Å². The first-order valence-electron chi connectivity index (χ1n) is 2.46. The van der Waals surface area contributed by atoms with Crippen molar-refractivity contribution in [2.75, 3.05) is 0 Å². The van der Waals surface area contributed by atoms with Crippen LogP contribution in [0, 0.1) is 4.91 Å². The van der Waals surface area contributed by atoms with Crippen LogP contribution < -0.4 is 5.90 Å². The van der Waals surface area contributed by atoms with Crippen molar-refractivity contribution in [3.63, 3.8) is 0 Å². The Balaban J connectivity index is 3.44. The molecule has 0 aliphatic carbocycles. The van der Waals surface area contributed by atoms with E-state index in [1.165, 1.54) is 0 Å². The van der Waals surface area contributed by atoms with Crippen LogP contribution >= 0.6 is 0 Å². The summed E-state index contributed by atoms with van der Waals surface area (Å²) in [5.41, 5.74) is 0. The Bertz CT molecular complexity index is 155. The number of nitrogens with two attached hydrogens (primary N) is 1. The highest BCUT2D eigenvalue weighted by molar-refractivity contribution is 5.81. The highest BCUT2D eigenvalue weighted by atomic mass is 16.7. The van der Waals surface area contributed by atoms with E-state index < -0.39 is 11.9 Å². The molecular formula is C4H6N2O4. The lowest BCUT2D eigenvalue weighted by Gasteiger charge is -1.91. The van der Waals surface area contributed by atoms with Gasteiger partial charge in [0.25, 0.3) is 5.91 Å². The fourth-order valence-corrected chi connectivity index (χ4v) is 0.314. The standard InChI is InChI=1S/C4H6N2O4/c5-10-4(8)2-1-3(7)6-9/h1-2,5H2. The number of carbonyl (C=O) groups is 2. The van der Waals surface area contributed by atoms with Gasteiger partial charge in [-0.3, -0.25) is 9.59 Å². The lowest BCUT2D eigenvalue weighted by molar-refractivity contribution is -0.145. The Morgan fingerprint density at radius 1 is 1.40 bits per heavy atom. The van der Waals surface area contributed by atoms with Crippen molar-refractivity contribution in [1.29, 1.82) is 0 Å². The molecule has 6 nitrogen and oxygen atoms in total. The Morgan fingerprint density at radius 3 is 2.40 bits per heavy atom. The van der Waals surface area contributed by atoms with Crippen LogP contribution in [0.1, 0.15) is 12.8 Å². The van der Waals surface area contributed by atoms with Crippen molar-refractivity contribution < 1.29 is 14.4 Å². The van der Waals surface area contributed by atoms with E-state index in [2.05, 4.69) is 15.9 Å². The maximum absolute atomic E-state index is 10.2. The summed E-state index contributed by atoms with van der Waals surface area (Å²) in [5.74, 6) is 2.81. The average Bonchev–Trinajstić information content (AvgIpc) is 1.99. The van der Waals surface area contributed by atoms with Crippen molar-refractivity contribution in [3.8, 4) is 0 Å². The summed E-state index contributed by atoms with van der Waals surface area (Å²) < 4.78 is 0. The summed E-state index contributed by atoms with van der Waals surface area (Å²) in [7, 11) is 0. The zero-order valence-corrected chi connectivity index (χ0v) is 5.07. The number of hydrogen-bond donors (Lipinski definition) is 1. The molecule has 1 amide bonds. The summed E-state index contributed by atoms with van der Waals surface area (Å²) in [6.45, 7) is 0. The SMILES string of the molecule is NOC(=O)CCC(=O)N=O. The van der Waals surface area contributed by atoms with Gasteiger partial charge in [-0.2, -0.15) is 5.90 Å². The number of nitrogens with zero attached hydrogens (tertiary/aromatic N) is 1. The van der Waals surface area contributed by atoms with Crippen LogP contribution in [-0.2, 0) is 14.4 Å². The van der Waals surface area contributed by atoms with Crippen LogP contribution in [0.15, 0.2) is 5.18 Å². The number of amides is 1. The van der Waals surface area contributed by atoms with Crippen LogP contribution in [-0.4, -0.2) is 11.9 Å². The molecule has 0 spiro atoms. The maximum Gasteiger partial charge on any atom is 0.324 e. The van der Waals surface area contributed by atoms with Gasteiger partial charge < -0.3 is 4.84 Å². The average molecular weight is 146 g/mol. The Kier molecular flexibility index (Phi) is 3.97.